The molecule has 1 amide bonds. The largest absolute Gasteiger partial charge is 0.350 e. The number of amides is 1. The van der Waals surface area contributed by atoms with E-state index in [-0.39, 0.29) is 5.91 Å². The Kier molecular flexibility index (Phi) is 4.27. The van der Waals surface area contributed by atoms with Crippen molar-refractivity contribution in [2.24, 2.45) is 0 Å². The van der Waals surface area contributed by atoms with Gasteiger partial charge in [0.1, 0.15) is 17.8 Å². The molecule has 0 aliphatic heterocycles. The van der Waals surface area contributed by atoms with Gasteiger partial charge < -0.3 is 5.32 Å². The maximum Gasteiger partial charge on any atom is 0.269 e. The Hall–Kier alpha value is -2.18. The zero-order valence-electron chi connectivity index (χ0n) is 11.2. The highest BCUT2D eigenvalue weighted by Crippen LogP contribution is 2.05. The van der Waals surface area contributed by atoms with E-state index < -0.39 is 0 Å². The monoisotopic (exact) mass is 262 g/mol. The van der Waals surface area contributed by atoms with Gasteiger partial charge in [0, 0.05) is 19.5 Å². The van der Waals surface area contributed by atoms with Crippen LogP contribution in [0.4, 0.5) is 0 Å². The van der Waals surface area contributed by atoms with Crippen molar-refractivity contribution in [2.45, 2.75) is 33.2 Å². The second-order valence-electron chi connectivity index (χ2n) is 4.13. The van der Waals surface area contributed by atoms with Crippen LogP contribution in [0, 0.1) is 0 Å². The summed E-state index contributed by atoms with van der Waals surface area (Å²) in [5.41, 5.74) is 1.54. The second kappa shape index (κ2) is 6.12. The predicted molar refractivity (Wildman–Crippen MR) is 69.7 cm³/mol. The molecule has 0 saturated heterocycles. The van der Waals surface area contributed by atoms with Crippen LogP contribution in [0.5, 0.6) is 0 Å². The first-order valence-electron chi connectivity index (χ1n) is 6.43. The summed E-state index contributed by atoms with van der Waals surface area (Å²) in [7, 11) is 0. The minimum absolute atomic E-state index is 0.103. The zero-order chi connectivity index (χ0) is 13.7. The molecular weight excluding hydrogens is 244 g/mol. The molecule has 2 N–H and O–H groups in total. The molecule has 102 valence electrons. The van der Waals surface area contributed by atoms with Crippen LogP contribution in [0.25, 0.3) is 0 Å². The average Bonchev–Trinajstić information content (AvgIpc) is 3.07. The van der Waals surface area contributed by atoms with Gasteiger partial charge >= 0.3 is 0 Å². The molecule has 0 spiro atoms. The second-order valence-corrected chi connectivity index (χ2v) is 4.13. The maximum absolute atomic E-state index is 12.1. The number of aryl methyl sites for hydroxylation is 2. The highest BCUT2D eigenvalue weighted by atomic mass is 16.2. The van der Waals surface area contributed by atoms with Crippen LogP contribution in [-0.2, 0) is 19.4 Å². The van der Waals surface area contributed by atoms with Gasteiger partial charge in [0.2, 0.25) is 0 Å². The zero-order valence-corrected chi connectivity index (χ0v) is 11.2. The number of carbonyl (C=O) groups is 1. The normalized spacial score (nSPS) is 10.6. The molecule has 0 radical (unpaired) electrons. The van der Waals surface area contributed by atoms with Gasteiger partial charge in [-0.25, -0.2) is 4.98 Å². The molecule has 0 fully saturated rings. The Morgan fingerprint density at radius 2 is 2.32 bits per heavy atom. The molecule has 2 aromatic rings. The molecule has 7 heteroatoms. The van der Waals surface area contributed by atoms with Crippen LogP contribution in [0.1, 0.15) is 35.9 Å². The van der Waals surface area contributed by atoms with Crippen LogP contribution in [0.15, 0.2) is 12.4 Å². The lowest BCUT2D eigenvalue weighted by atomic mass is 10.3. The predicted octanol–water partition coefficient (Wildman–Crippen LogP) is 0.556. The molecule has 0 aromatic carbocycles. The molecule has 0 bridgehead atoms. The fourth-order valence-corrected chi connectivity index (χ4v) is 1.80. The first kappa shape index (κ1) is 13.3. The van der Waals surface area contributed by atoms with E-state index in [1.54, 1.807) is 4.68 Å². The lowest BCUT2D eigenvalue weighted by molar-refractivity contribution is 0.0943. The van der Waals surface area contributed by atoms with E-state index in [0.29, 0.717) is 25.2 Å². The van der Waals surface area contributed by atoms with Gasteiger partial charge in [0.15, 0.2) is 0 Å². The van der Waals surface area contributed by atoms with Gasteiger partial charge in [-0.2, -0.15) is 10.2 Å². The third-order valence-corrected chi connectivity index (χ3v) is 2.84. The molecule has 19 heavy (non-hydrogen) atoms. The molecule has 0 aliphatic rings. The highest BCUT2D eigenvalue weighted by Gasteiger charge is 2.13. The summed E-state index contributed by atoms with van der Waals surface area (Å²) in [6.45, 7) is 5.20. The van der Waals surface area contributed by atoms with Gasteiger partial charge in [0.25, 0.3) is 5.91 Å². The van der Waals surface area contributed by atoms with E-state index in [2.05, 4.69) is 25.6 Å². The lowest BCUT2D eigenvalue weighted by Crippen LogP contribution is -2.28. The lowest BCUT2D eigenvalue weighted by Gasteiger charge is -2.05. The van der Waals surface area contributed by atoms with Gasteiger partial charge in [0.05, 0.1) is 5.69 Å². The Morgan fingerprint density at radius 1 is 1.47 bits per heavy atom. The molecule has 0 aliphatic carbocycles. The SMILES string of the molecule is CCc1cc(C(=O)NCCc2ncn[nH]2)n(CC)n1. The molecular formula is C12H18N6O. The van der Waals surface area contributed by atoms with Crippen LogP contribution in [0.2, 0.25) is 0 Å². The summed E-state index contributed by atoms with van der Waals surface area (Å²) < 4.78 is 1.72. The topological polar surface area (TPSA) is 88.5 Å². The third-order valence-electron chi connectivity index (χ3n) is 2.84. The van der Waals surface area contributed by atoms with Crippen LogP contribution in [-0.4, -0.2) is 37.4 Å². The quantitative estimate of drug-likeness (QED) is 0.796. The molecule has 0 unspecified atom stereocenters. The summed E-state index contributed by atoms with van der Waals surface area (Å²) in [4.78, 5) is 16.1. The summed E-state index contributed by atoms with van der Waals surface area (Å²) in [6, 6.07) is 1.84. The molecule has 2 aromatic heterocycles. The van der Waals surface area contributed by atoms with E-state index in [0.717, 1.165) is 17.9 Å². The van der Waals surface area contributed by atoms with Gasteiger partial charge in [-0.3, -0.25) is 14.6 Å². The Morgan fingerprint density at radius 3 is 2.95 bits per heavy atom. The maximum atomic E-state index is 12.1. The number of rotatable bonds is 6. The van der Waals surface area contributed by atoms with E-state index in [1.807, 2.05) is 19.9 Å². The van der Waals surface area contributed by atoms with E-state index in [9.17, 15) is 4.79 Å². The Bertz CT molecular complexity index is 530. The molecule has 2 heterocycles. The number of nitrogens with zero attached hydrogens (tertiary/aromatic N) is 4. The smallest absolute Gasteiger partial charge is 0.269 e. The molecule has 7 nitrogen and oxygen atoms in total. The first-order valence-corrected chi connectivity index (χ1v) is 6.43. The fourth-order valence-electron chi connectivity index (χ4n) is 1.80. The molecule has 0 atom stereocenters. The van der Waals surface area contributed by atoms with E-state index in [1.165, 1.54) is 6.33 Å². The number of hydrogen-bond acceptors (Lipinski definition) is 4. The number of carbonyl (C=O) groups excluding carboxylic acids is 1. The van der Waals surface area contributed by atoms with Crippen LogP contribution >= 0.6 is 0 Å². The average molecular weight is 262 g/mol. The summed E-state index contributed by atoms with van der Waals surface area (Å²) in [6.07, 6.45) is 2.91. The van der Waals surface area contributed by atoms with Gasteiger partial charge in [-0.15, -0.1) is 0 Å². The van der Waals surface area contributed by atoms with Gasteiger partial charge in [-0.05, 0) is 19.4 Å². The fraction of sp³-hybridized carbons (Fsp3) is 0.500. The number of H-pyrrole nitrogens is 1. The number of nitrogens with one attached hydrogen (secondary N) is 2. The van der Waals surface area contributed by atoms with Crippen molar-refractivity contribution in [3.63, 3.8) is 0 Å². The van der Waals surface area contributed by atoms with Crippen molar-refractivity contribution in [2.75, 3.05) is 6.54 Å². The third kappa shape index (κ3) is 3.18. The first-order chi connectivity index (χ1) is 9.24. The van der Waals surface area contributed by atoms with E-state index in [4.69, 9.17) is 0 Å². The Balaban J connectivity index is 1.93. The summed E-state index contributed by atoms with van der Waals surface area (Å²) in [5.74, 6) is 0.659. The minimum Gasteiger partial charge on any atom is -0.350 e. The van der Waals surface area contributed by atoms with Crippen molar-refractivity contribution in [1.29, 1.82) is 0 Å². The van der Waals surface area contributed by atoms with Crippen molar-refractivity contribution in [3.8, 4) is 0 Å². The van der Waals surface area contributed by atoms with Gasteiger partial charge in [-0.1, -0.05) is 6.92 Å². The van der Waals surface area contributed by atoms with Crippen LogP contribution in [0.3, 0.4) is 0 Å². The van der Waals surface area contributed by atoms with Crippen LogP contribution < -0.4 is 5.32 Å². The number of aromatic amines is 1. The summed E-state index contributed by atoms with van der Waals surface area (Å²) >= 11 is 0. The highest BCUT2D eigenvalue weighted by molar-refractivity contribution is 5.92. The van der Waals surface area contributed by atoms with Crippen molar-refractivity contribution < 1.29 is 4.79 Å². The standard InChI is InChI=1S/C12H18N6O/c1-3-9-7-10(18(4-2)17-9)12(19)13-6-5-11-14-8-15-16-11/h7-8H,3-6H2,1-2H3,(H,13,19)(H,14,15,16). The summed E-state index contributed by atoms with van der Waals surface area (Å²) in [5, 5.41) is 13.7. The van der Waals surface area contributed by atoms with Crippen molar-refractivity contribution in [1.82, 2.24) is 30.3 Å². The molecule has 0 saturated carbocycles. The van der Waals surface area contributed by atoms with Crippen molar-refractivity contribution in [3.05, 3.63) is 29.6 Å². The Labute approximate surface area is 111 Å². The number of hydrogen-bond donors (Lipinski definition) is 2. The van der Waals surface area contributed by atoms with E-state index >= 15 is 0 Å². The molecule has 2 rings (SSSR count). The number of aromatic nitrogens is 5. The minimum atomic E-state index is -0.103. The van der Waals surface area contributed by atoms with Crippen molar-refractivity contribution >= 4 is 5.91 Å².